The van der Waals surface area contributed by atoms with Gasteiger partial charge in [0.15, 0.2) is 0 Å². The Balaban J connectivity index is 3.02. The third-order valence-electron chi connectivity index (χ3n) is 3.25. The summed E-state index contributed by atoms with van der Waals surface area (Å²) in [6.07, 6.45) is 12.0. The molecule has 0 bridgehead atoms. The first-order valence-electron chi connectivity index (χ1n) is 6.91. The van der Waals surface area contributed by atoms with Crippen molar-refractivity contribution < 1.29 is 0 Å². The molecular weight excluding hydrogens is 230 g/mol. The van der Waals surface area contributed by atoms with Crippen LogP contribution < -0.4 is 0 Å². The molecule has 0 fully saturated rings. The van der Waals surface area contributed by atoms with E-state index in [0.717, 1.165) is 12.1 Å². The number of rotatable bonds is 2. The van der Waals surface area contributed by atoms with E-state index in [0.29, 0.717) is 0 Å². The molecule has 0 aromatic carbocycles. The number of hydrogen-bond acceptors (Lipinski definition) is 1. The SMILES string of the molecule is C=N/C(=C\C=C1\C=C(C(C)(C)C)C=CC1)C(C)(C)C. The van der Waals surface area contributed by atoms with Gasteiger partial charge in [0.2, 0.25) is 0 Å². The van der Waals surface area contributed by atoms with E-state index in [1.165, 1.54) is 11.1 Å². The van der Waals surface area contributed by atoms with E-state index in [-0.39, 0.29) is 10.8 Å². The van der Waals surface area contributed by atoms with Crippen LogP contribution in [-0.2, 0) is 0 Å². The zero-order valence-electron chi connectivity index (χ0n) is 13.2. The van der Waals surface area contributed by atoms with Gasteiger partial charge >= 0.3 is 0 Å². The minimum atomic E-state index is 0.0416. The molecule has 1 rings (SSSR count). The maximum absolute atomic E-state index is 4.14. The molecule has 104 valence electrons. The van der Waals surface area contributed by atoms with Crippen LogP contribution in [0.3, 0.4) is 0 Å². The van der Waals surface area contributed by atoms with E-state index >= 15 is 0 Å². The second kappa shape index (κ2) is 5.73. The van der Waals surface area contributed by atoms with E-state index in [9.17, 15) is 0 Å². The molecule has 0 aliphatic heterocycles. The van der Waals surface area contributed by atoms with E-state index in [4.69, 9.17) is 0 Å². The first kappa shape index (κ1) is 15.7. The van der Waals surface area contributed by atoms with E-state index in [2.05, 4.69) is 83.6 Å². The Morgan fingerprint density at radius 2 is 1.84 bits per heavy atom. The van der Waals surface area contributed by atoms with E-state index in [1.807, 2.05) is 0 Å². The van der Waals surface area contributed by atoms with Crippen molar-refractivity contribution in [3.05, 3.63) is 47.2 Å². The molecule has 1 nitrogen and oxygen atoms in total. The predicted molar refractivity (Wildman–Crippen MR) is 86.5 cm³/mol. The quantitative estimate of drug-likeness (QED) is 0.581. The molecule has 1 aliphatic carbocycles. The van der Waals surface area contributed by atoms with Gasteiger partial charge in [-0.05, 0) is 35.8 Å². The topological polar surface area (TPSA) is 12.4 Å². The van der Waals surface area contributed by atoms with Crippen molar-refractivity contribution in [1.82, 2.24) is 0 Å². The average molecular weight is 257 g/mol. The number of hydrogen-bond donors (Lipinski definition) is 0. The van der Waals surface area contributed by atoms with Crippen LogP contribution in [0.1, 0.15) is 48.0 Å². The van der Waals surface area contributed by atoms with Crippen LogP contribution in [0.5, 0.6) is 0 Å². The Hall–Kier alpha value is -1.37. The van der Waals surface area contributed by atoms with Gasteiger partial charge in [0.1, 0.15) is 0 Å². The summed E-state index contributed by atoms with van der Waals surface area (Å²) in [4.78, 5) is 4.14. The molecule has 0 heterocycles. The van der Waals surface area contributed by atoms with Gasteiger partial charge in [0.05, 0.1) is 0 Å². The van der Waals surface area contributed by atoms with Gasteiger partial charge in [-0.2, -0.15) is 0 Å². The lowest BCUT2D eigenvalue weighted by atomic mass is 9.82. The Morgan fingerprint density at radius 3 is 2.32 bits per heavy atom. The van der Waals surface area contributed by atoms with Crippen LogP contribution in [0.15, 0.2) is 52.2 Å². The van der Waals surface area contributed by atoms with Crippen LogP contribution in [0.25, 0.3) is 0 Å². The highest BCUT2D eigenvalue weighted by molar-refractivity contribution is 5.42. The standard InChI is InChI=1S/C18H27N/c1-17(2,3)15-10-8-9-14(13-15)11-12-16(19-7)18(4,5)6/h8,10-13H,7,9H2,1-6H3/b14-11+,16-12-. The predicted octanol–water partition coefficient (Wildman–Crippen LogP) is 5.48. The third kappa shape index (κ3) is 4.66. The fourth-order valence-electron chi connectivity index (χ4n) is 1.94. The Morgan fingerprint density at radius 1 is 1.21 bits per heavy atom. The van der Waals surface area contributed by atoms with Crippen molar-refractivity contribution in [1.29, 1.82) is 0 Å². The maximum Gasteiger partial charge on any atom is 0.0449 e. The van der Waals surface area contributed by atoms with E-state index < -0.39 is 0 Å². The third-order valence-corrected chi connectivity index (χ3v) is 3.25. The van der Waals surface area contributed by atoms with E-state index in [1.54, 1.807) is 0 Å². The maximum atomic E-state index is 4.14. The molecule has 1 heteroatoms. The zero-order valence-corrected chi connectivity index (χ0v) is 13.2. The molecule has 0 amide bonds. The monoisotopic (exact) mass is 257 g/mol. The second-order valence-electron chi connectivity index (χ2n) is 7.16. The Kier molecular flexibility index (Phi) is 4.73. The first-order valence-corrected chi connectivity index (χ1v) is 6.91. The van der Waals surface area contributed by atoms with Crippen molar-refractivity contribution >= 4 is 6.72 Å². The summed E-state index contributed by atoms with van der Waals surface area (Å²) in [5, 5.41) is 0. The molecule has 0 N–H and O–H groups in total. The number of aliphatic imine (C=N–C) groups is 1. The minimum Gasteiger partial charge on any atom is -0.269 e. The summed E-state index contributed by atoms with van der Waals surface area (Å²) < 4.78 is 0. The Bertz CT molecular complexity index is 457. The van der Waals surface area contributed by atoms with Gasteiger partial charge in [-0.25, -0.2) is 0 Å². The van der Waals surface area contributed by atoms with Crippen molar-refractivity contribution in [3.8, 4) is 0 Å². The van der Waals surface area contributed by atoms with Crippen molar-refractivity contribution in [2.75, 3.05) is 0 Å². The van der Waals surface area contributed by atoms with Crippen molar-refractivity contribution in [2.45, 2.75) is 48.0 Å². The lowest BCUT2D eigenvalue weighted by molar-refractivity contribution is 0.499. The smallest absolute Gasteiger partial charge is 0.0449 e. The summed E-state index contributed by atoms with van der Waals surface area (Å²) in [6, 6.07) is 0. The van der Waals surface area contributed by atoms with Crippen LogP contribution in [0, 0.1) is 10.8 Å². The summed E-state index contributed by atoms with van der Waals surface area (Å²) in [6.45, 7) is 16.9. The molecule has 0 saturated heterocycles. The lowest BCUT2D eigenvalue weighted by Gasteiger charge is -2.23. The normalized spacial score (nSPS) is 19.6. The van der Waals surface area contributed by atoms with Crippen LogP contribution in [-0.4, -0.2) is 6.72 Å². The number of nitrogens with zero attached hydrogens (tertiary/aromatic N) is 1. The summed E-state index contributed by atoms with van der Waals surface area (Å²) in [5.41, 5.74) is 3.98. The molecule has 0 radical (unpaired) electrons. The molecule has 0 spiro atoms. The molecule has 1 aliphatic rings. The van der Waals surface area contributed by atoms with Crippen molar-refractivity contribution in [2.24, 2.45) is 15.8 Å². The molecule has 0 aromatic heterocycles. The molecule has 0 aromatic rings. The fraction of sp³-hybridized carbons (Fsp3) is 0.500. The van der Waals surface area contributed by atoms with Gasteiger partial charge in [-0.1, -0.05) is 65.8 Å². The summed E-state index contributed by atoms with van der Waals surface area (Å²) in [5.74, 6) is 0. The highest BCUT2D eigenvalue weighted by Crippen LogP contribution is 2.31. The van der Waals surface area contributed by atoms with Gasteiger partial charge in [0.25, 0.3) is 0 Å². The first-order chi connectivity index (χ1) is 8.64. The minimum absolute atomic E-state index is 0.0416. The largest absolute Gasteiger partial charge is 0.269 e. The van der Waals surface area contributed by atoms with Crippen LogP contribution in [0.2, 0.25) is 0 Å². The fourth-order valence-corrected chi connectivity index (χ4v) is 1.94. The summed E-state index contributed by atoms with van der Waals surface area (Å²) >= 11 is 0. The highest BCUT2D eigenvalue weighted by atomic mass is 14.7. The van der Waals surface area contributed by atoms with Gasteiger partial charge in [0, 0.05) is 11.1 Å². The van der Waals surface area contributed by atoms with Gasteiger partial charge in [-0.3, -0.25) is 4.99 Å². The zero-order chi connectivity index (χ0) is 14.7. The van der Waals surface area contributed by atoms with Crippen LogP contribution in [0.4, 0.5) is 0 Å². The number of allylic oxidation sites excluding steroid dienone is 8. The highest BCUT2D eigenvalue weighted by Gasteiger charge is 2.17. The molecule has 0 unspecified atom stereocenters. The molecular formula is C18H27N. The Labute approximate surface area is 118 Å². The second-order valence-corrected chi connectivity index (χ2v) is 7.16. The van der Waals surface area contributed by atoms with Gasteiger partial charge in [-0.15, -0.1) is 0 Å². The molecule has 0 saturated carbocycles. The van der Waals surface area contributed by atoms with Crippen LogP contribution >= 0.6 is 0 Å². The lowest BCUT2D eigenvalue weighted by Crippen LogP contribution is -2.09. The molecule has 19 heavy (non-hydrogen) atoms. The van der Waals surface area contributed by atoms with Gasteiger partial charge < -0.3 is 0 Å². The average Bonchev–Trinajstić information content (AvgIpc) is 2.27. The van der Waals surface area contributed by atoms with Crippen molar-refractivity contribution in [3.63, 3.8) is 0 Å². The molecule has 0 atom stereocenters. The summed E-state index contributed by atoms with van der Waals surface area (Å²) in [7, 11) is 0.